The lowest BCUT2D eigenvalue weighted by Gasteiger charge is -2.24. The van der Waals surface area contributed by atoms with Crippen molar-refractivity contribution in [2.45, 2.75) is 32.6 Å². The molecule has 27 heavy (non-hydrogen) atoms. The fraction of sp³-hybridized carbons (Fsp3) is 0.240. The standard InChI is InChI=1S/C25H25NO/c1-18-6-2-5-9-24(18)26-25(27)22-14-10-19(11-15-22)16-20-12-13-21-7-3-4-8-23(21)17-20/h2-11,14-15,20H,12-13,16-17H2,1H3,(H,26,27)/t20-/m1/s1. The SMILES string of the molecule is Cc1ccccc1NC(=O)c1ccc(C[C@H]2CCc3ccccc3C2)cc1. The summed E-state index contributed by atoms with van der Waals surface area (Å²) in [5.74, 6) is 0.633. The van der Waals surface area contributed by atoms with Crippen molar-refractivity contribution in [3.8, 4) is 0 Å². The molecule has 136 valence electrons. The first kappa shape index (κ1) is 17.5. The first-order valence-electron chi connectivity index (χ1n) is 9.72. The Labute approximate surface area is 161 Å². The molecule has 0 radical (unpaired) electrons. The molecule has 0 aromatic heterocycles. The van der Waals surface area contributed by atoms with Crippen LogP contribution in [0.1, 0.15) is 39.0 Å². The van der Waals surface area contributed by atoms with Crippen LogP contribution in [0.5, 0.6) is 0 Å². The molecule has 4 rings (SSSR count). The summed E-state index contributed by atoms with van der Waals surface area (Å²) in [6.45, 7) is 2.00. The van der Waals surface area contributed by atoms with Crippen molar-refractivity contribution in [3.05, 3.63) is 101 Å². The summed E-state index contributed by atoms with van der Waals surface area (Å²) in [7, 11) is 0. The van der Waals surface area contributed by atoms with Gasteiger partial charge in [0, 0.05) is 11.3 Å². The molecular formula is C25H25NO. The third-order valence-corrected chi connectivity index (χ3v) is 5.58. The van der Waals surface area contributed by atoms with E-state index in [9.17, 15) is 4.79 Å². The Morgan fingerprint density at radius 2 is 1.63 bits per heavy atom. The summed E-state index contributed by atoms with van der Waals surface area (Å²) in [6, 6.07) is 24.7. The van der Waals surface area contributed by atoms with E-state index in [1.54, 1.807) is 0 Å². The number of rotatable bonds is 4. The zero-order valence-corrected chi connectivity index (χ0v) is 15.7. The second-order valence-corrected chi connectivity index (χ2v) is 7.55. The molecule has 1 aliphatic carbocycles. The lowest BCUT2D eigenvalue weighted by atomic mass is 9.81. The van der Waals surface area contributed by atoms with Crippen LogP contribution in [0.2, 0.25) is 0 Å². The van der Waals surface area contributed by atoms with Gasteiger partial charge in [0.15, 0.2) is 0 Å². The van der Waals surface area contributed by atoms with E-state index in [-0.39, 0.29) is 5.91 Å². The molecule has 1 N–H and O–H groups in total. The summed E-state index contributed by atoms with van der Waals surface area (Å²) >= 11 is 0. The van der Waals surface area contributed by atoms with Gasteiger partial charge in [-0.05, 0) is 79.0 Å². The number of hydrogen-bond donors (Lipinski definition) is 1. The Balaban J connectivity index is 1.39. The van der Waals surface area contributed by atoms with Gasteiger partial charge < -0.3 is 5.32 Å². The minimum Gasteiger partial charge on any atom is -0.322 e. The van der Waals surface area contributed by atoms with Gasteiger partial charge in [-0.15, -0.1) is 0 Å². The normalized spacial score (nSPS) is 15.8. The summed E-state index contributed by atoms with van der Waals surface area (Å²) < 4.78 is 0. The van der Waals surface area contributed by atoms with Crippen LogP contribution in [0.25, 0.3) is 0 Å². The fourth-order valence-electron chi connectivity index (χ4n) is 3.98. The molecular weight excluding hydrogens is 330 g/mol. The highest BCUT2D eigenvalue weighted by molar-refractivity contribution is 6.04. The molecule has 1 aliphatic rings. The minimum atomic E-state index is -0.0533. The predicted octanol–water partition coefficient (Wildman–Crippen LogP) is 5.59. The maximum atomic E-state index is 12.5. The Morgan fingerprint density at radius 3 is 2.41 bits per heavy atom. The Kier molecular flexibility index (Phi) is 5.06. The number of carbonyl (C=O) groups excluding carboxylic acids is 1. The second-order valence-electron chi connectivity index (χ2n) is 7.55. The van der Waals surface area contributed by atoms with Crippen LogP contribution < -0.4 is 5.32 Å². The molecule has 0 fully saturated rings. The molecule has 2 nitrogen and oxygen atoms in total. The lowest BCUT2D eigenvalue weighted by Crippen LogP contribution is -2.16. The van der Waals surface area contributed by atoms with Crippen molar-refractivity contribution >= 4 is 11.6 Å². The summed E-state index contributed by atoms with van der Waals surface area (Å²) in [6.07, 6.45) is 4.66. The quantitative estimate of drug-likeness (QED) is 0.649. The third-order valence-electron chi connectivity index (χ3n) is 5.58. The average Bonchev–Trinajstić information content (AvgIpc) is 2.70. The van der Waals surface area contributed by atoms with Crippen LogP contribution in [0.3, 0.4) is 0 Å². The number of nitrogens with one attached hydrogen (secondary N) is 1. The van der Waals surface area contributed by atoms with Crippen LogP contribution in [0.4, 0.5) is 5.69 Å². The van der Waals surface area contributed by atoms with Crippen molar-refractivity contribution in [1.82, 2.24) is 0 Å². The topological polar surface area (TPSA) is 29.1 Å². The van der Waals surface area contributed by atoms with Crippen LogP contribution in [0, 0.1) is 12.8 Å². The molecule has 0 aliphatic heterocycles. The summed E-state index contributed by atoms with van der Waals surface area (Å²) in [5, 5.41) is 3.00. The van der Waals surface area contributed by atoms with E-state index in [0.717, 1.165) is 24.1 Å². The highest BCUT2D eigenvalue weighted by Gasteiger charge is 2.18. The number of benzene rings is 3. The number of para-hydroxylation sites is 1. The van der Waals surface area contributed by atoms with E-state index in [1.807, 2.05) is 43.3 Å². The van der Waals surface area contributed by atoms with Crippen molar-refractivity contribution in [2.24, 2.45) is 5.92 Å². The van der Waals surface area contributed by atoms with Crippen molar-refractivity contribution in [1.29, 1.82) is 0 Å². The van der Waals surface area contributed by atoms with Gasteiger partial charge in [0.1, 0.15) is 0 Å². The van der Waals surface area contributed by atoms with Crippen LogP contribution in [-0.2, 0) is 19.3 Å². The molecule has 0 saturated carbocycles. The van der Waals surface area contributed by atoms with Gasteiger partial charge in [-0.2, -0.15) is 0 Å². The van der Waals surface area contributed by atoms with Gasteiger partial charge >= 0.3 is 0 Å². The molecule has 0 unspecified atom stereocenters. The van der Waals surface area contributed by atoms with E-state index in [0.29, 0.717) is 11.5 Å². The number of anilines is 1. The molecule has 0 saturated heterocycles. The first-order chi connectivity index (χ1) is 13.2. The van der Waals surface area contributed by atoms with Crippen LogP contribution in [-0.4, -0.2) is 5.91 Å². The molecule has 1 atom stereocenters. The molecule has 0 spiro atoms. The Hall–Kier alpha value is -2.87. The number of carbonyl (C=O) groups is 1. The Morgan fingerprint density at radius 1 is 0.926 bits per heavy atom. The maximum absolute atomic E-state index is 12.5. The van der Waals surface area contributed by atoms with E-state index in [4.69, 9.17) is 0 Å². The van der Waals surface area contributed by atoms with E-state index < -0.39 is 0 Å². The molecule has 1 amide bonds. The van der Waals surface area contributed by atoms with Crippen LogP contribution >= 0.6 is 0 Å². The highest BCUT2D eigenvalue weighted by Crippen LogP contribution is 2.28. The van der Waals surface area contributed by atoms with Crippen LogP contribution in [0.15, 0.2) is 72.8 Å². The zero-order chi connectivity index (χ0) is 18.6. The van der Waals surface area contributed by atoms with Gasteiger partial charge in [0.25, 0.3) is 5.91 Å². The van der Waals surface area contributed by atoms with Gasteiger partial charge in [0.05, 0.1) is 0 Å². The average molecular weight is 355 g/mol. The first-order valence-corrected chi connectivity index (χ1v) is 9.72. The number of fused-ring (bicyclic) bond motifs is 1. The van der Waals surface area contributed by atoms with Gasteiger partial charge in [-0.25, -0.2) is 0 Å². The van der Waals surface area contributed by atoms with Crippen molar-refractivity contribution in [3.63, 3.8) is 0 Å². The largest absolute Gasteiger partial charge is 0.322 e. The smallest absolute Gasteiger partial charge is 0.255 e. The lowest BCUT2D eigenvalue weighted by molar-refractivity contribution is 0.102. The van der Waals surface area contributed by atoms with Gasteiger partial charge in [-0.3, -0.25) is 4.79 Å². The second kappa shape index (κ2) is 7.79. The van der Waals surface area contributed by atoms with E-state index in [1.165, 1.54) is 29.5 Å². The van der Waals surface area contributed by atoms with Crippen molar-refractivity contribution in [2.75, 3.05) is 5.32 Å². The monoisotopic (exact) mass is 355 g/mol. The minimum absolute atomic E-state index is 0.0533. The molecule has 0 bridgehead atoms. The number of aryl methyl sites for hydroxylation is 2. The summed E-state index contributed by atoms with van der Waals surface area (Å²) in [4.78, 5) is 12.5. The number of hydrogen-bond acceptors (Lipinski definition) is 1. The molecule has 3 aromatic carbocycles. The maximum Gasteiger partial charge on any atom is 0.255 e. The van der Waals surface area contributed by atoms with E-state index in [2.05, 4.69) is 41.7 Å². The molecule has 3 aromatic rings. The molecule has 2 heteroatoms. The third kappa shape index (κ3) is 4.11. The predicted molar refractivity (Wildman–Crippen MR) is 111 cm³/mol. The van der Waals surface area contributed by atoms with E-state index >= 15 is 0 Å². The van der Waals surface area contributed by atoms with Gasteiger partial charge in [-0.1, -0.05) is 54.6 Å². The summed E-state index contributed by atoms with van der Waals surface area (Å²) in [5.41, 5.74) is 6.97. The molecule has 0 heterocycles. The zero-order valence-electron chi connectivity index (χ0n) is 15.7. The Bertz CT molecular complexity index is 943. The number of amides is 1. The van der Waals surface area contributed by atoms with Gasteiger partial charge in [0.2, 0.25) is 0 Å². The fourth-order valence-corrected chi connectivity index (χ4v) is 3.98. The highest BCUT2D eigenvalue weighted by atomic mass is 16.1. The van der Waals surface area contributed by atoms with Crippen molar-refractivity contribution < 1.29 is 4.79 Å².